The number of aromatic nitrogens is 7. The zero-order chi connectivity index (χ0) is 43.7. The van der Waals surface area contributed by atoms with Gasteiger partial charge in [0.15, 0.2) is 5.78 Å². The highest BCUT2D eigenvalue weighted by molar-refractivity contribution is 5.99. The van der Waals surface area contributed by atoms with Crippen LogP contribution in [0.4, 0.5) is 13.2 Å². The minimum Gasteiger partial charge on any atom is -0.480 e. The number of aryl methyl sites for hydroxylation is 1. The molecule has 3 heterocycles. The predicted molar refractivity (Wildman–Crippen MR) is 200 cm³/mol. The van der Waals surface area contributed by atoms with Gasteiger partial charge in [-0.15, -0.1) is 10.2 Å². The number of carbonyl (C=O) groups excluding carboxylic acids is 5. The number of hydrogen-bond acceptors (Lipinski definition) is 12. The molecule has 3 aromatic heterocycles. The smallest absolute Gasteiger partial charge is 0.417 e. The van der Waals surface area contributed by atoms with Crippen molar-refractivity contribution in [2.75, 3.05) is 26.2 Å². The molecule has 0 unspecified atom stereocenters. The van der Waals surface area contributed by atoms with Gasteiger partial charge >= 0.3 is 18.1 Å². The maximum Gasteiger partial charge on any atom is 0.417 e. The lowest BCUT2D eigenvalue weighted by Crippen LogP contribution is -2.39. The summed E-state index contributed by atoms with van der Waals surface area (Å²) >= 11 is 0. The molecule has 5 rings (SSSR count). The molecule has 0 aliphatic heterocycles. The number of rotatable bonds is 17. The number of benzene rings is 2. The average molecular weight is 834 g/mol. The summed E-state index contributed by atoms with van der Waals surface area (Å²) in [5.74, 6) is -6.27. The minimum atomic E-state index is -5.03. The Morgan fingerprint density at radius 3 is 1.60 bits per heavy atom. The Labute approximate surface area is 336 Å². The number of carboxylic acid groups (broad SMARTS) is 2. The average Bonchev–Trinajstić information content (AvgIpc) is 3.91. The first kappa shape index (κ1) is 43.3. The molecule has 23 heteroatoms. The molecular weight excluding hydrogens is 799 g/mol. The van der Waals surface area contributed by atoms with Crippen LogP contribution in [0.2, 0.25) is 0 Å². The Bertz CT molecular complexity index is 2500. The molecule has 0 atom stereocenters. The second-order valence-corrected chi connectivity index (χ2v) is 12.8. The second-order valence-electron chi connectivity index (χ2n) is 12.8. The van der Waals surface area contributed by atoms with Gasteiger partial charge in [-0.2, -0.15) is 13.2 Å². The lowest BCUT2D eigenvalue weighted by molar-refractivity contribution is -0.138. The molecule has 0 bridgehead atoms. The van der Waals surface area contributed by atoms with Crippen LogP contribution in [0.1, 0.15) is 62.0 Å². The second kappa shape index (κ2) is 18.6. The van der Waals surface area contributed by atoms with Crippen molar-refractivity contribution in [1.82, 2.24) is 56.2 Å². The maximum atomic E-state index is 14.2. The van der Waals surface area contributed by atoms with E-state index in [1.54, 1.807) is 19.1 Å². The number of Topliss-reactive ketones (excluding diaryl/α,β-unsaturated/α-hetero) is 1. The first-order valence-corrected chi connectivity index (χ1v) is 17.7. The Morgan fingerprint density at radius 2 is 1.13 bits per heavy atom. The molecule has 0 fully saturated rings. The Balaban J connectivity index is 1.39. The molecule has 6 N–H and O–H groups in total. The van der Waals surface area contributed by atoms with Crippen LogP contribution in [0.25, 0.3) is 34.2 Å². The third kappa shape index (κ3) is 11.0. The van der Waals surface area contributed by atoms with E-state index in [-0.39, 0.29) is 51.8 Å². The Kier molecular flexibility index (Phi) is 13.4. The largest absolute Gasteiger partial charge is 0.480 e. The predicted octanol–water partition coefficient (Wildman–Crippen LogP) is 1.75. The molecular formula is C37H34F3N11O9. The van der Waals surface area contributed by atoms with Crippen LogP contribution in [0.15, 0.2) is 60.9 Å². The van der Waals surface area contributed by atoms with Crippen LogP contribution in [0.3, 0.4) is 0 Å². The van der Waals surface area contributed by atoms with Crippen molar-refractivity contribution in [3.8, 4) is 34.2 Å². The molecule has 2 aromatic carbocycles. The van der Waals surface area contributed by atoms with Crippen LogP contribution in [0, 0.1) is 6.92 Å². The van der Waals surface area contributed by atoms with E-state index >= 15 is 0 Å². The van der Waals surface area contributed by atoms with Gasteiger partial charge in [0.2, 0.25) is 11.8 Å². The van der Waals surface area contributed by atoms with Crippen molar-refractivity contribution >= 4 is 41.4 Å². The van der Waals surface area contributed by atoms with Crippen molar-refractivity contribution in [1.29, 1.82) is 0 Å². The van der Waals surface area contributed by atoms with Gasteiger partial charge in [-0.05, 0) is 67.4 Å². The number of nitrogens with one attached hydrogen (secondary N) is 4. The lowest BCUT2D eigenvalue weighted by Gasteiger charge is -2.14. The quantitative estimate of drug-likeness (QED) is 0.0729. The summed E-state index contributed by atoms with van der Waals surface area (Å²) in [5.41, 5.74) is -0.304. The molecule has 0 saturated heterocycles. The topological polar surface area (TPSA) is 282 Å². The molecule has 312 valence electrons. The van der Waals surface area contributed by atoms with Gasteiger partial charge < -0.3 is 31.5 Å². The number of carboxylic acids is 2. The number of alkyl halides is 3. The summed E-state index contributed by atoms with van der Waals surface area (Å²) < 4.78 is 44.9. The first-order chi connectivity index (χ1) is 28.4. The highest BCUT2D eigenvalue weighted by Crippen LogP contribution is 2.34. The molecule has 0 saturated carbocycles. The van der Waals surface area contributed by atoms with E-state index in [2.05, 4.69) is 36.2 Å². The Hall–Kier alpha value is -7.85. The van der Waals surface area contributed by atoms with Crippen LogP contribution in [0.5, 0.6) is 0 Å². The molecule has 60 heavy (non-hydrogen) atoms. The number of hydrogen-bond donors (Lipinski definition) is 6. The van der Waals surface area contributed by atoms with Crippen molar-refractivity contribution in [3.05, 3.63) is 88.7 Å². The molecule has 0 aliphatic carbocycles. The standard InChI is InChI=1S/C37H34F3N11O9/c1-3-4-30(52)20-10-26(28-17-50(48-46-28)21-5-7-23(19(2)9-21)35(59)43-13-31(53)41-15-33(55)56)45-27(11-20)29-18-51(49-47-29)22-6-8-24(25(12-22)37(38,39)40)36(60)44-14-32(54)42-16-34(57)58/h5-12,17-18H,3-4,13-16H2,1-2H3,(H,41,53)(H,42,54)(H,43,59)(H,44,60)(H,55,56)(H,57,58). The van der Waals surface area contributed by atoms with Crippen LogP contribution in [-0.4, -0.2) is 113 Å². The molecule has 20 nitrogen and oxygen atoms in total. The van der Waals surface area contributed by atoms with Crippen molar-refractivity contribution in [3.63, 3.8) is 0 Å². The monoisotopic (exact) mass is 833 g/mol. The van der Waals surface area contributed by atoms with Gasteiger partial charge in [0.25, 0.3) is 11.8 Å². The van der Waals surface area contributed by atoms with Gasteiger partial charge in [-0.1, -0.05) is 17.4 Å². The van der Waals surface area contributed by atoms with Gasteiger partial charge in [0, 0.05) is 17.5 Å². The normalized spacial score (nSPS) is 11.1. The van der Waals surface area contributed by atoms with E-state index in [1.807, 2.05) is 17.6 Å². The fourth-order valence-electron chi connectivity index (χ4n) is 5.48. The summed E-state index contributed by atoms with van der Waals surface area (Å²) in [6.07, 6.45) is -1.54. The summed E-state index contributed by atoms with van der Waals surface area (Å²) in [4.78, 5) is 87.9. The zero-order valence-corrected chi connectivity index (χ0v) is 31.5. The lowest BCUT2D eigenvalue weighted by atomic mass is 10.0. The van der Waals surface area contributed by atoms with E-state index in [1.165, 1.54) is 35.3 Å². The van der Waals surface area contributed by atoms with Crippen molar-refractivity contribution in [2.24, 2.45) is 0 Å². The number of halogens is 3. The third-order valence-corrected chi connectivity index (χ3v) is 8.37. The number of nitrogens with zero attached hydrogens (tertiary/aromatic N) is 7. The summed E-state index contributed by atoms with van der Waals surface area (Å²) in [7, 11) is 0. The van der Waals surface area contributed by atoms with E-state index in [4.69, 9.17) is 10.2 Å². The van der Waals surface area contributed by atoms with E-state index in [0.717, 1.165) is 16.8 Å². The maximum absolute atomic E-state index is 14.2. The number of carbonyl (C=O) groups is 7. The zero-order valence-electron chi connectivity index (χ0n) is 31.5. The summed E-state index contributed by atoms with van der Waals surface area (Å²) in [6.45, 7) is 0.901. The van der Waals surface area contributed by atoms with Gasteiger partial charge in [0.05, 0.1) is 59.4 Å². The van der Waals surface area contributed by atoms with E-state index in [9.17, 15) is 46.7 Å². The van der Waals surface area contributed by atoms with Gasteiger partial charge in [-0.3, -0.25) is 33.6 Å². The number of aliphatic carboxylic acids is 2. The highest BCUT2D eigenvalue weighted by atomic mass is 19.4. The first-order valence-electron chi connectivity index (χ1n) is 17.7. The summed E-state index contributed by atoms with van der Waals surface area (Å²) in [6, 6.07) is 10.3. The number of pyridine rings is 1. The molecule has 4 amide bonds. The van der Waals surface area contributed by atoms with Crippen molar-refractivity contribution < 1.29 is 56.9 Å². The minimum absolute atomic E-state index is 0.0569. The van der Waals surface area contributed by atoms with E-state index in [0.29, 0.717) is 23.7 Å². The van der Waals surface area contributed by atoms with Gasteiger partial charge in [-0.25, -0.2) is 14.3 Å². The third-order valence-electron chi connectivity index (χ3n) is 8.37. The van der Waals surface area contributed by atoms with Crippen LogP contribution < -0.4 is 21.3 Å². The molecule has 5 aromatic rings. The Morgan fingerprint density at radius 1 is 0.650 bits per heavy atom. The number of amides is 4. The fraction of sp³-hybridized carbons (Fsp3) is 0.243. The SMILES string of the molecule is CCCC(=O)c1cc(-c2cn(-c3ccc(C(=O)NCC(=O)NCC(=O)O)c(C)c3)nn2)nc(-c2cn(-c3ccc(C(=O)NCC(=O)NCC(=O)O)c(C(F)(F)F)c3)nn2)c1. The van der Waals surface area contributed by atoms with Crippen LogP contribution >= 0.6 is 0 Å². The van der Waals surface area contributed by atoms with Crippen LogP contribution in [-0.2, 0) is 25.4 Å². The van der Waals surface area contributed by atoms with Gasteiger partial charge in [0.1, 0.15) is 24.5 Å². The molecule has 0 aliphatic rings. The molecule has 0 spiro atoms. The number of ketones is 1. The molecule has 0 radical (unpaired) electrons. The van der Waals surface area contributed by atoms with E-state index < -0.39 is 79.0 Å². The summed E-state index contributed by atoms with van der Waals surface area (Å²) in [5, 5.41) is 42.3. The fourth-order valence-corrected chi connectivity index (χ4v) is 5.48. The highest BCUT2D eigenvalue weighted by Gasteiger charge is 2.36. The van der Waals surface area contributed by atoms with Crippen molar-refractivity contribution in [2.45, 2.75) is 32.9 Å².